The predicted octanol–water partition coefficient (Wildman–Crippen LogP) is 2.49. The lowest BCUT2D eigenvalue weighted by atomic mass is 9.81. The topological polar surface area (TPSA) is 81.7 Å². The molecule has 29 heavy (non-hydrogen) atoms. The van der Waals surface area contributed by atoms with Crippen LogP contribution in [0.15, 0.2) is 18.2 Å². The third-order valence-electron chi connectivity index (χ3n) is 7.13. The first kappa shape index (κ1) is 20.1. The van der Waals surface area contributed by atoms with Gasteiger partial charge in [-0.2, -0.15) is 0 Å². The first-order chi connectivity index (χ1) is 13.8. The van der Waals surface area contributed by atoms with E-state index in [4.69, 9.17) is 5.21 Å². The van der Waals surface area contributed by atoms with E-state index in [1.807, 2.05) is 4.90 Å². The van der Waals surface area contributed by atoms with Gasteiger partial charge in [0.05, 0.1) is 12.0 Å². The third kappa shape index (κ3) is 3.83. The van der Waals surface area contributed by atoms with Crippen LogP contribution in [0.5, 0.6) is 0 Å². The molecule has 6 heteroatoms. The SMILES string of the molecule is Cc1cc(C)c(C2=CCN(C(=O)[C@H]3NCC4(CC4)C[C@@H]3C(=O)NO)CC2)cc1C. The maximum Gasteiger partial charge on any atom is 0.248 e. The summed E-state index contributed by atoms with van der Waals surface area (Å²) in [4.78, 5) is 27.3. The van der Waals surface area contributed by atoms with Crippen molar-refractivity contribution in [1.82, 2.24) is 15.7 Å². The Kier molecular flexibility index (Phi) is 5.25. The molecule has 2 fully saturated rings. The van der Waals surface area contributed by atoms with Crippen molar-refractivity contribution in [3.05, 3.63) is 40.5 Å². The Hall–Kier alpha value is -2.18. The van der Waals surface area contributed by atoms with E-state index in [9.17, 15) is 9.59 Å². The Bertz CT molecular complexity index is 872. The van der Waals surface area contributed by atoms with E-state index < -0.39 is 17.9 Å². The molecular weight excluding hydrogens is 366 g/mol. The summed E-state index contributed by atoms with van der Waals surface area (Å²) in [7, 11) is 0. The number of carbonyl (C=O) groups excluding carboxylic acids is 2. The van der Waals surface area contributed by atoms with E-state index in [1.165, 1.54) is 27.8 Å². The molecule has 2 amide bonds. The second kappa shape index (κ2) is 7.58. The Morgan fingerprint density at radius 1 is 1.17 bits per heavy atom. The average molecular weight is 398 g/mol. The molecule has 0 bridgehead atoms. The molecule has 1 aromatic rings. The molecule has 1 saturated heterocycles. The van der Waals surface area contributed by atoms with Crippen LogP contribution in [-0.2, 0) is 9.59 Å². The minimum atomic E-state index is -0.563. The first-order valence-corrected chi connectivity index (χ1v) is 10.6. The Morgan fingerprint density at radius 3 is 2.52 bits per heavy atom. The summed E-state index contributed by atoms with van der Waals surface area (Å²) in [5, 5.41) is 12.5. The van der Waals surface area contributed by atoms with Gasteiger partial charge in [-0.05, 0) is 79.7 Å². The lowest BCUT2D eigenvalue weighted by Crippen LogP contribution is -2.59. The third-order valence-corrected chi connectivity index (χ3v) is 7.13. The summed E-state index contributed by atoms with van der Waals surface area (Å²) in [5.74, 6) is -1.02. The fourth-order valence-electron chi connectivity index (χ4n) is 4.89. The van der Waals surface area contributed by atoms with Gasteiger partial charge in [-0.3, -0.25) is 14.8 Å². The van der Waals surface area contributed by atoms with Crippen molar-refractivity contribution in [2.24, 2.45) is 11.3 Å². The maximum absolute atomic E-state index is 13.2. The summed E-state index contributed by atoms with van der Waals surface area (Å²) in [5.41, 5.74) is 8.31. The number of amides is 2. The van der Waals surface area contributed by atoms with E-state index in [0.717, 1.165) is 25.8 Å². The molecule has 0 aromatic heterocycles. The van der Waals surface area contributed by atoms with Crippen LogP contribution in [0.3, 0.4) is 0 Å². The lowest BCUT2D eigenvalue weighted by molar-refractivity contribution is -0.144. The van der Waals surface area contributed by atoms with Crippen molar-refractivity contribution in [2.45, 2.75) is 52.5 Å². The molecule has 0 unspecified atom stereocenters. The van der Waals surface area contributed by atoms with E-state index in [0.29, 0.717) is 19.5 Å². The van der Waals surface area contributed by atoms with Crippen molar-refractivity contribution in [3.63, 3.8) is 0 Å². The summed E-state index contributed by atoms with van der Waals surface area (Å²) in [6.07, 6.45) is 5.79. The van der Waals surface area contributed by atoms with E-state index >= 15 is 0 Å². The molecule has 1 aliphatic carbocycles. The summed E-state index contributed by atoms with van der Waals surface area (Å²) in [6, 6.07) is 3.90. The molecule has 2 atom stereocenters. The largest absolute Gasteiger partial charge is 0.337 e. The zero-order valence-electron chi connectivity index (χ0n) is 17.5. The zero-order valence-corrected chi connectivity index (χ0v) is 17.5. The normalized spacial score (nSPS) is 25.5. The van der Waals surface area contributed by atoms with Gasteiger partial charge in [-0.1, -0.05) is 18.2 Å². The summed E-state index contributed by atoms with van der Waals surface area (Å²) < 4.78 is 0. The van der Waals surface area contributed by atoms with E-state index in [2.05, 4.69) is 44.3 Å². The number of rotatable bonds is 3. The number of hydroxylamine groups is 1. The van der Waals surface area contributed by atoms with Crippen molar-refractivity contribution in [3.8, 4) is 0 Å². The van der Waals surface area contributed by atoms with Crippen LogP contribution >= 0.6 is 0 Å². The number of hydrogen-bond donors (Lipinski definition) is 3. The van der Waals surface area contributed by atoms with Gasteiger partial charge in [0.2, 0.25) is 11.8 Å². The molecule has 156 valence electrons. The minimum absolute atomic E-state index is 0.0405. The first-order valence-electron chi connectivity index (χ1n) is 10.6. The highest BCUT2D eigenvalue weighted by molar-refractivity contribution is 5.90. The molecule has 2 heterocycles. The second-order valence-electron chi connectivity index (χ2n) is 9.16. The monoisotopic (exact) mass is 397 g/mol. The van der Waals surface area contributed by atoms with Crippen LogP contribution in [0, 0.1) is 32.1 Å². The average Bonchev–Trinajstić information content (AvgIpc) is 3.48. The Balaban J connectivity index is 1.48. The van der Waals surface area contributed by atoms with Crippen molar-refractivity contribution >= 4 is 17.4 Å². The highest BCUT2D eigenvalue weighted by Gasteiger charge is 2.52. The number of carbonyl (C=O) groups is 2. The van der Waals surface area contributed by atoms with Gasteiger partial charge in [0.15, 0.2) is 0 Å². The van der Waals surface area contributed by atoms with Gasteiger partial charge in [0.25, 0.3) is 0 Å². The lowest BCUT2D eigenvalue weighted by Gasteiger charge is -2.38. The molecule has 3 N–H and O–H groups in total. The fraction of sp³-hybridized carbons (Fsp3) is 0.565. The van der Waals surface area contributed by atoms with Gasteiger partial charge in [0, 0.05) is 19.6 Å². The van der Waals surface area contributed by atoms with Gasteiger partial charge >= 0.3 is 0 Å². The van der Waals surface area contributed by atoms with Gasteiger partial charge in [-0.15, -0.1) is 0 Å². The highest BCUT2D eigenvalue weighted by Crippen LogP contribution is 2.52. The molecule has 2 aliphatic heterocycles. The Labute approximate surface area is 172 Å². The molecule has 3 aliphatic rings. The Morgan fingerprint density at radius 2 is 1.90 bits per heavy atom. The molecular formula is C23H31N3O3. The molecule has 1 saturated carbocycles. The predicted molar refractivity (Wildman–Crippen MR) is 111 cm³/mol. The van der Waals surface area contributed by atoms with Crippen LogP contribution < -0.4 is 10.8 Å². The number of nitrogens with zero attached hydrogens (tertiary/aromatic N) is 1. The van der Waals surface area contributed by atoms with Gasteiger partial charge in [-0.25, -0.2) is 5.48 Å². The number of benzene rings is 1. The van der Waals surface area contributed by atoms with Crippen molar-refractivity contribution in [1.29, 1.82) is 0 Å². The van der Waals surface area contributed by atoms with Crippen molar-refractivity contribution < 1.29 is 14.8 Å². The smallest absolute Gasteiger partial charge is 0.248 e. The molecule has 6 nitrogen and oxygen atoms in total. The van der Waals surface area contributed by atoms with Gasteiger partial charge < -0.3 is 10.2 Å². The van der Waals surface area contributed by atoms with Crippen LogP contribution in [0.4, 0.5) is 0 Å². The summed E-state index contributed by atoms with van der Waals surface area (Å²) >= 11 is 0. The number of hydrogen-bond acceptors (Lipinski definition) is 4. The quantitative estimate of drug-likeness (QED) is 0.541. The van der Waals surface area contributed by atoms with Crippen LogP contribution in [0.25, 0.3) is 5.57 Å². The molecule has 4 rings (SSSR count). The number of nitrogens with one attached hydrogen (secondary N) is 2. The van der Waals surface area contributed by atoms with Crippen LogP contribution in [0.1, 0.15) is 47.9 Å². The molecule has 1 aromatic carbocycles. The highest BCUT2D eigenvalue weighted by atomic mass is 16.5. The number of aryl methyl sites for hydroxylation is 3. The maximum atomic E-state index is 13.2. The van der Waals surface area contributed by atoms with Crippen molar-refractivity contribution in [2.75, 3.05) is 19.6 Å². The van der Waals surface area contributed by atoms with E-state index in [-0.39, 0.29) is 11.3 Å². The fourth-order valence-corrected chi connectivity index (χ4v) is 4.89. The van der Waals surface area contributed by atoms with E-state index in [1.54, 1.807) is 5.48 Å². The molecule has 0 radical (unpaired) electrons. The zero-order chi connectivity index (χ0) is 20.8. The summed E-state index contributed by atoms with van der Waals surface area (Å²) in [6.45, 7) is 8.37. The molecule has 1 spiro atoms. The van der Waals surface area contributed by atoms with Crippen LogP contribution in [0.2, 0.25) is 0 Å². The number of piperidine rings is 1. The standard InChI is InChI=1S/C23H31N3O3/c1-14-10-16(3)18(11-15(14)2)17-4-8-26(9-5-17)22(28)20-19(21(27)25-29)12-23(6-7-23)13-24-20/h4,10-11,19-20,24,29H,5-9,12-13H2,1-3H3,(H,25,27)/t19-,20-/m0/s1. The van der Waals surface area contributed by atoms with Gasteiger partial charge in [0.1, 0.15) is 0 Å². The van der Waals surface area contributed by atoms with Crippen LogP contribution in [-0.4, -0.2) is 47.6 Å². The minimum Gasteiger partial charge on any atom is -0.337 e. The second-order valence-corrected chi connectivity index (χ2v) is 9.16.